The van der Waals surface area contributed by atoms with Crippen LogP contribution < -0.4 is 10.2 Å². The molecule has 0 bridgehead atoms. The topological polar surface area (TPSA) is 90.0 Å². The zero-order chi connectivity index (χ0) is 24.3. The zero-order valence-electron chi connectivity index (χ0n) is 20.5. The maximum absolute atomic E-state index is 13.2. The number of sulfonamides is 1. The third-order valence-electron chi connectivity index (χ3n) is 7.60. The third kappa shape index (κ3) is 5.47. The summed E-state index contributed by atoms with van der Waals surface area (Å²) in [6, 6.07) is 5.37. The number of benzene rings is 1. The average Bonchev–Trinajstić information content (AvgIpc) is 3.23. The van der Waals surface area contributed by atoms with Crippen LogP contribution in [0.2, 0.25) is 0 Å². The quantitative estimate of drug-likeness (QED) is 0.634. The van der Waals surface area contributed by atoms with Gasteiger partial charge in [0.2, 0.25) is 21.8 Å². The lowest BCUT2D eigenvalue weighted by molar-refractivity contribution is -0.124. The molecule has 2 fully saturated rings. The number of likely N-dealkylation sites (N-methyl/N-ethyl adjacent to an activating group) is 1. The average molecular weight is 491 g/mol. The molecule has 1 unspecified atom stereocenters. The molecular weight excluding hydrogens is 452 g/mol. The highest BCUT2D eigenvalue weighted by molar-refractivity contribution is 7.89. The van der Waals surface area contributed by atoms with Gasteiger partial charge in [0.05, 0.1) is 4.90 Å². The highest BCUT2D eigenvalue weighted by atomic mass is 32.2. The van der Waals surface area contributed by atoms with Crippen molar-refractivity contribution in [3.05, 3.63) is 23.8 Å². The number of piperidine rings is 1. The van der Waals surface area contributed by atoms with E-state index >= 15 is 0 Å². The number of carbonyl (C=O) groups is 2. The summed E-state index contributed by atoms with van der Waals surface area (Å²) in [4.78, 5) is 29.8. The number of nitrogens with zero attached hydrogens (tertiary/aromatic N) is 3. The van der Waals surface area contributed by atoms with E-state index in [-0.39, 0.29) is 23.3 Å². The highest BCUT2D eigenvalue weighted by Gasteiger charge is 2.31. The minimum absolute atomic E-state index is 0.0409. The first-order valence-electron chi connectivity index (χ1n) is 12.7. The normalized spacial score (nSPS) is 23.1. The van der Waals surface area contributed by atoms with Crippen LogP contribution in [0, 0.1) is 5.92 Å². The van der Waals surface area contributed by atoms with Gasteiger partial charge in [0.25, 0.3) is 0 Å². The Hall–Kier alpha value is -1.97. The second-order valence-corrected chi connectivity index (χ2v) is 11.9. The van der Waals surface area contributed by atoms with Gasteiger partial charge in [0, 0.05) is 37.8 Å². The molecule has 3 heterocycles. The molecule has 4 rings (SSSR count). The Morgan fingerprint density at radius 2 is 1.85 bits per heavy atom. The van der Waals surface area contributed by atoms with Gasteiger partial charge in [-0.1, -0.05) is 13.8 Å². The SMILES string of the molecule is CCN1CCCC1CNC(=O)CN1C(=O)CCCc2cc(S(=O)(=O)N3CCC(C)CC3)ccc21. The molecule has 1 N–H and O–H groups in total. The summed E-state index contributed by atoms with van der Waals surface area (Å²) in [5.41, 5.74) is 1.47. The number of amides is 2. The van der Waals surface area contributed by atoms with Gasteiger partial charge in [0.1, 0.15) is 6.54 Å². The van der Waals surface area contributed by atoms with Gasteiger partial charge in [-0.3, -0.25) is 14.5 Å². The molecule has 0 saturated carbocycles. The molecule has 0 aromatic heterocycles. The largest absolute Gasteiger partial charge is 0.353 e. The fourth-order valence-corrected chi connectivity index (χ4v) is 6.93. The molecule has 34 heavy (non-hydrogen) atoms. The van der Waals surface area contributed by atoms with E-state index in [9.17, 15) is 18.0 Å². The van der Waals surface area contributed by atoms with Crippen LogP contribution in [0.15, 0.2) is 23.1 Å². The smallest absolute Gasteiger partial charge is 0.243 e. The summed E-state index contributed by atoms with van der Waals surface area (Å²) in [7, 11) is -3.56. The Bertz CT molecular complexity index is 1000. The van der Waals surface area contributed by atoms with E-state index in [0.29, 0.717) is 56.5 Å². The molecule has 1 atom stereocenters. The van der Waals surface area contributed by atoms with Crippen LogP contribution in [0.1, 0.15) is 57.9 Å². The van der Waals surface area contributed by atoms with Gasteiger partial charge in [-0.2, -0.15) is 4.31 Å². The van der Waals surface area contributed by atoms with Gasteiger partial charge in [-0.25, -0.2) is 8.42 Å². The molecule has 1 aromatic rings. The van der Waals surface area contributed by atoms with Crippen LogP contribution in [0.3, 0.4) is 0 Å². The lowest BCUT2D eigenvalue weighted by Gasteiger charge is -2.30. The van der Waals surface area contributed by atoms with Crippen molar-refractivity contribution in [2.24, 2.45) is 5.92 Å². The fraction of sp³-hybridized carbons (Fsp3) is 0.680. The van der Waals surface area contributed by atoms with Crippen LogP contribution in [0.4, 0.5) is 5.69 Å². The van der Waals surface area contributed by atoms with Crippen molar-refractivity contribution in [3.8, 4) is 0 Å². The highest BCUT2D eigenvalue weighted by Crippen LogP contribution is 2.31. The molecular formula is C25H38N4O4S. The van der Waals surface area contributed by atoms with Gasteiger partial charge < -0.3 is 10.2 Å². The number of hydrogen-bond donors (Lipinski definition) is 1. The molecule has 1 aromatic carbocycles. The standard InChI is InChI=1S/C25H38N4O4S/c1-3-27-13-5-7-21(27)17-26-24(30)18-29-23-10-9-22(16-20(23)6-4-8-25(29)31)34(32,33)28-14-11-19(2)12-15-28/h9-10,16,19,21H,3-8,11-15,17-18H2,1-2H3,(H,26,30). The minimum atomic E-state index is -3.56. The van der Waals surface area contributed by atoms with E-state index in [1.165, 1.54) is 4.90 Å². The number of hydrogen-bond acceptors (Lipinski definition) is 5. The van der Waals surface area contributed by atoms with Crippen molar-refractivity contribution in [1.29, 1.82) is 0 Å². The molecule has 2 amide bonds. The second kappa shape index (κ2) is 10.7. The van der Waals surface area contributed by atoms with E-state index < -0.39 is 10.0 Å². The first-order chi connectivity index (χ1) is 16.3. The van der Waals surface area contributed by atoms with Gasteiger partial charge in [-0.15, -0.1) is 0 Å². The predicted molar refractivity (Wildman–Crippen MR) is 132 cm³/mol. The minimum Gasteiger partial charge on any atom is -0.353 e. The van der Waals surface area contributed by atoms with E-state index in [1.807, 2.05) is 0 Å². The van der Waals surface area contributed by atoms with Crippen molar-refractivity contribution < 1.29 is 18.0 Å². The third-order valence-corrected chi connectivity index (χ3v) is 9.50. The van der Waals surface area contributed by atoms with Crippen LogP contribution in [0.25, 0.3) is 0 Å². The Balaban J connectivity index is 1.48. The maximum atomic E-state index is 13.2. The number of carbonyl (C=O) groups excluding carboxylic acids is 2. The molecule has 0 aliphatic carbocycles. The van der Waals surface area contributed by atoms with Crippen molar-refractivity contribution in [2.45, 2.75) is 69.7 Å². The fourth-order valence-electron chi connectivity index (χ4n) is 5.41. The summed E-state index contributed by atoms with van der Waals surface area (Å²) < 4.78 is 28.0. The van der Waals surface area contributed by atoms with Gasteiger partial charge in [0.15, 0.2) is 0 Å². The van der Waals surface area contributed by atoms with Crippen molar-refractivity contribution in [2.75, 3.05) is 44.2 Å². The molecule has 2 saturated heterocycles. The first-order valence-corrected chi connectivity index (χ1v) is 14.2. The number of fused-ring (bicyclic) bond motifs is 1. The summed E-state index contributed by atoms with van der Waals surface area (Å²) in [5, 5.41) is 3.01. The number of nitrogens with one attached hydrogen (secondary N) is 1. The molecule has 0 spiro atoms. The lowest BCUT2D eigenvalue weighted by Crippen LogP contribution is -2.45. The Morgan fingerprint density at radius 1 is 1.09 bits per heavy atom. The summed E-state index contributed by atoms with van der Waals surface area (Å²) in [6.45, 7) is 7.96. The second-order valence-electron chi connectivity index (χ2n) is 9.94. The number of rotatable bonds is 7. The first kappa shape index (κ1) is 25.1. The van der Waals surface area contributed by atoms with Crippen LogP contribution in [0.5, 0.6) is 0 Å². The van der Waals surface area contributed by atoms with Crippen molar-refractivity contribution in [3.63, 3.8) is 0 Å². The zero-order valence-corrected chi connectivity index (χ0v) is 21.3. The van der Waals surface area contributed by atoms with E-state index in [1.54, 1.807) is 22.5 Å². The van der Waals surface area contributed by atoms with E-state index in [2.05, 4.69) is 24.1 Å². The summed E-state index contributed by atoms with van der Waals surface area (Å²) in [6.07, 6.45) is 5.58. The van der Waals surface area contributed by atoms with Crippen molar-refractivity contribution >= 4 is 27.5 Å². The molecule has 3 aliphatic rings. The lowest BCUT2D eigenvalue weighted by atomic mass is 10.0. The van der Waals surface area contributed by atoms with E-state index in [4.69, 9.17) is 0 Å². The van der Waals surface area contributed by atoms with E-state index in [0.717, 1.165) is 44.3 Å². The molecule has 8 nitrogen and oxygen atoms in total. The van der Waals surface area contributed by atoms with Gasteiger partial charge in [-0.05, 0) is 81.3 Å². The Labute approximate surface area is 203 Å². The summed E-state index contributed by atoms with van der Waals surface area (Å²) in [5.74, 6) is 0.275. The van der Waals surface area contributed by atoms with Crippen LogP contribution >= 0.6 is 0 Å². The number of anilines is 1. The molecule has 3 aliphatic heterocycles. The Kier molecular flexibility index (Phi) is 7.94. The number of likely N-dealkylation sites (tertiary alicyclic amines) is 1. The number of aryl methyl sites for hydroxylation is 1. The van der Waals surface area contributed by atoms with Crippen LogP contribution in [-0.2, 0) is 26.0 Å². The van der Waals surface area contributed by atoms with Crippen LogP contribution in [-0.4, -0.2) is 74.7 Å². The maximum Gasteiger partial charge on any atom is 0.243 e. The van der Waals surface area contributed by atoms with Crippen molar-refractivity contribution in [1.82, 2.24) is 14.5 Å². The monoisotopic (exact) mass is 490 g/mol. The predicted octanol–water partition coefficient (Wildman–Crippen LogP) is 2.38. The Morgan fingerprint density at radius 3 is 2.59 bits per heavy atom. The molecule has 9 heteroatoms. The van der Waals surface area contributed by atoms with Gasteiger partial charge >= 0.3 is 0 Å². The molecule has 0 radical (unpaired) electrons. The molecule has 188 valence electrons. The summed E-state index contributed by atoms with van der Waals surface area (Å²) >= 11 is 0.